The Hall–Kier alpha value is -2.89. The Bertz CT molecular complexity index is 639. The second-order valence-electron chi connectivity index (χ2n) is 3.86. The topological polar surface area (TPSA) is 93.1 Å². The predicted octanol–water partition coefficient (Wildman–Crippen LogP) is 1.54. The summed E-state index contributed by atoms with van der Waals surface area (Å²) < 4.78 is 5.00. The molecule has 3 N–H and O–H groups in total. The lowest BCUT2D eigenvalue weighted by Gasteiger charge is -2.04. The van der Waals surface area contributed by atoms with Gasteiger partial charge in [-0.15, -0.1) is 5.10 Å². The van der Waals surface area contributed by atoms with Crippen LogP contribution in [0.25, 0.3) is 0 Å². The molecule has 0 saturated carbocycles. The fourth-order valence-corrected chi connectivity index (χ4v) is 1.54. The van der Waals surface area contributed by atoms with Crippen molar-refractivity contribution in [2.75, 3.05) is 7.11 Å². The minimum absolute atomic E-state index is 0.0106. The van der Waals surface area contributed by atoms with Gasteiger partial charge < -0.3 is 15.6 Å². The third-order valence-electron chi connectivity index (χ3n) is 2.59. The van der Waals surface area contributed by atoms with Crippen LogP contribution in [0.4, 0.5) is 0 Å². The highest BCUT2D eigenvalue weighted by molar-refractivity contribution is 5.97. The Morgan fingerprint density at radius 2 is 2.05 bits per heavy atom. The number of hydrogen-bond acceptors (Lipinski definition) is 5. The minimum Gasteiger partial charge on any atom is -0.504 e. The summed E-state index contributed by atoms with van der Waals surface area (Å²) in [4.78, 5) is 3.89. The van der Waals surface area contributed by atoms with Crippen molar-refractivity contribution in [3.8, 4) is 11.5 Å². The zero-order chi connectivity index (χ0) is 14.4. The standard InChI is InChI=1S/C14H14N4O2/c1-20-12-4-2-3-11(13(12)19)9-17-18-14(15)10-5-7-16-8-6-10/h2-9,19H,1H3,(H2,15,18)/b17-9+. The Labute approximate surface area is 116 Å². The normalized spacial score (nSPS) is 11.8. The van der Waals surface area contributed by atoms with E-state index < -0.39 is 0 Å². The van der Waals surface area contributed by atoms with Crippen molar-refractivity contribution in [2.24, 2.45) is 15.9 Å². The van der Waals surface area contributed by atoms with Gasteiger partial charge in [-0.05, 0) is 24.3 Å². The maximum Gasteiger partial charge on any atom is 0.166 e. The molecule has 1 heterocycles. The molecule has 0 radical (unpaired) electrons. The monoisotopic (exact) mass is 270 g/mol. The molecule has 0 spiro atoms. The molecule has 1 aromatic carbocycles. The molecule has 0 aliphatic carbocycles. The molecule has 0 atom stereocenters. The van der Waals surface area contributed by atoms with Crippen LogP contribution in [0.5, 0.6) is 11.5 Å². The minimum atomic E-state index is 0.0106. The van der Waals surface area contributed by atoms with Crippen LogP contribution in [0.3, 0.4) is 0 Å². The quantitative estimate of drug-likeness (QED) is 0.500. The maximum atomic E-state index is 9.87. The maximum absolute atomic E-state index is 9.87. The molecule has 2 aromatic rings. The van der Waals surface area contributed by atoms with Gasteiger partial charge in [0.25, 0.3) is 0 Å². The lowest BCUT2D eigenvalue weighted by Crippen LogP contribution is -2.12. The number of phenols is 1. The summed E-state index contributed by atoms with van der Waals surface area (Å²) in [6, 6.07) is 8.56. The molecule has 1 aromatic heterocycles. The number of hydrogen-bond donors (Lipinski definition) is 2. The molecule has 0 unspecified atom stereocenters. The molecule has 6 heteroatoms. The van der Waals surface area contributed by atoms with Crippen LogP contribution in [-0.4, -0.2) is 29.3 Å². The molecule has 20 heavy (non-hydrogen) atoms. The van der Waals surface area contributed by atoms with Crippen LogP contribution in [-0.2, 0) is 0 Å². The van der Waals surface area contributed by atoms with Crippen molar-refractivity contribution < 1.29 is 9.84 Å². The van der Waals surface area contributed by atoms with Gasteiger partial charge in [-0.2, -0.15) is 5.10 Å². The summed E-state index contributed by atoms with van der Waals surface area (Å²) >= 11 is 0. The molecule has 0 fully saturated rings. The number of para-hydroxylation sites is 1. The number of nitrogens with two attached hydrogens (primary N) is 1. The molecular formula is C14H14N4O2. The van der Waals surface area contributed by atoms with E-state index in [1.807, 2.05) is 0 Å². The Balaban J connectivity index is 2.18. The van der Waals surface area contributed by atoms with Crippen molar-refractivity contribution >= 4 is 12.1 Å². The number of aromatic nitrogens is 1. The van der Waals surface area contributed by atoms with Crippen molar-refractivity contribution in [1.82, 2.24) is 4.98 Å². The van der Waals surface area contributed by atoms with Crippen molar-refractivity contribution in [1.29, 1.82) is 0 Å². The summed E-state index contributed by atoms with van der Waals surface area (Å²) in [5, 5.41) is 17.6. The number of pyridine rings is 1. The zero-order valence-electron chi connectivity index (χ0n) is 10.9. The second-order valence-corrected chi connectivity index (χ2v) is 3.86. The van der Waals surface area contributed by atoms with Crippen LogP contribution in [0.15, 0.2) is 52.9 Å². The van der Waals surface area contributed by atoms with Gasteiger partial charge in [0.1, 0.15) is 0 Å². The van der Waals surface area contributed by atoms with Gasteiger partial charge in [0, 0.05) is 23.5 Å². The van der Waals surface area contributed by atoms with Crippen LogP contribution in [0.1, 0.15) is 11.1 Å². The molecule has 0 saturated heterocycles. The first-order valence-corrected chi connectivity index (χ1v) is 5.85. The smallest absolute Gasteiger partial charge is 0.166 e. The predicted molar refractivity (Wildman–Crippen MR) is 77.2 cm³/mol. The SMILES string of the molecule is COc1cccc(/C=N/N=C(\N)c2ccncc2)c1O. The molecular weight excluding hydrogens is 256 g/mol. The van der Waals surface area contributed by atoms with Crippen molar-refractivity contribution in [2.45, 2.75) is 0 Å². The fraction of sp³-hybridized carbons (Fsp3) is 0.0714. The van der Waals surface area contributed by atoms with E-state index in [1.54, 1.807) is 42.7 Å². The summed E-state index contributed by atoms with van der Waals surface area (Å²) in [5.41, 5.74) is 7.00. The highest BCUT2D eigenvalue weighted by Crippen LogP contribution is 2.27. The third kappa shape index (κ3) is 3.11. The van der Waals surface area contributed by atoms with E-state index in [0.29, 0.717) is 11.3 Å². The molecule has 0 bridgehead atoms. The number of benzene rings is 1. The van der Waals surface area contributed by atoms with E-state index in [1.165, 1.54) is 13.3 Å². The average Bonchev–Trinajstić information content (AvgIpc) is 2.49. The molecule has 0 aliphatic heterocycles. The van der Waals surface area contributed by atoms with E-state index in [9.17, 15) is 5.11 Å². The van der Waals surface area contributed by atoms with Crippen molar-refractivity contribution in [3.05, 3.63) is 53.9 Å². The van der Waals surface area contributed by atoms with Gasteiger partial charge in [0.15, 0.2) is 17.3 Å². The Morgan fingerprint density at radius 1 is 1.30 bits per heavy atom. The van der Waals surface area contributed by atoms with Gasteiger partial charge in [-0.25, -0.2) is 0 Å². The summed E-state index contributed by atoms with van der Waals surface area (Å²) in [5.74, 6) is 0.655. The first kappa shape index (κ1) is 13.5. The van der Waals surface area contributed by atoms with Gasteiger partial charge in [0.05, 0.1) is 13.3 Å². The highest BCUT2D eigenvalue weighted by Gasteiger charge is 2.04. The van der Waals surface area contributed by atoms with Crippen LogP contribution < -0.4 is 10.5 Å². The number of amidine groups is 1. The second kappa shape index (κ2) is 6.33. The van der Waals surface area contributed by atoms with Crippen molar-refractivity contribution in [3.63, 3.8) is 0 Å². The van der Waals surface area contributed by atoms with E-state index in [0.717, 1.165) is 5.56 Å². The zero-order valence-corrected chi connectivity index (χ0v) is 10.9. The molecule has 0 amide bonds. The lowest BCUT2D eigenvalue weighted by molar-refractivity contribution is 0.373. The summed E-state index contributed by atoms with van der Waals surface area (Å²) in [7, 11) is 1.48. The van der Waals surface area contributed by atoms with E-state index in [4.69, 9.17) is 10.5 Å². The lowest BCUT2D eigenvalue weighted by atomic mass is 10.2. The van der Waals surface area contributed by atoms with E-state index in [-0.39, 0.29) is 11.6 Å². The highest BCUT2D eigenvalue weighted by atomic mass is 16.5. The largest absolute Gasteiger partial charge is 0.504 e. The van der Waals surface area contributed by atoms with Gasteiger partial charge in [-0.3, -0.25) is 4.98 Å². The number of phenolic OH excluding ortho intramolecular Hbond substituents is 1. The average molecular weight is 270 g/mol. The third-order valence-corrected chi connectivity index (χ3v) is 2.59. The molecule has 0 aliphatic rings. The van der Waals surface area contributed by atoms with Crippen LogP contribution >= 0.6 is 0 Å². The summed E-state index contributed by atoms with van der Waals surface area (Å²) in [6.45, 7) is 0. The Kier molecular flexibility index (Phi) is 4.28. The number of rotatable bonds is 4. The van der Waals surface area contributed by atoms with Crippen LogP contribution in [0, 0.1) is 0 Å². The van der Waals surface area contributed by atoms with Gasteiger partial charge in [-0.1, -0.05) is 6.07 Å². The first-order chi connectivity index (χ1) is 9.72. The number of aromatic hydroxyl groups is 1. The fourth-order valence-electron chi connectivity index (χ4n) is 1.54. The van der Waals surface area contributed by atoms with E-state index in [2.05, 4.69) is 15.2 Å². The van der Waals surface area contributed by atoms with Gasteiger partial charge in [0.2, 0.25) is 0 Å². The Morgan fingerprint density at radius 3 is 2.75 bits per heavy atom. The first-order valence-electron chi connectivity index (χ1n) is 5.85. The summed E-state index contributed by atoms with van der Waals surface area (Å²) in [6.07, 6.45) is 4.65. The van der Waals surface area contributed by atoms with Crippen LogP contribution in [0.2, 0.25) is 0 Å². The number of nitrogens with zero attached hydrogens (tertiary/aromatic N) is 3. The number of ether oxygens (including phenoxy) is 1. The number of methoxy groups -OCH3 is 1. The molecule has 6 nitrogen and oxygen atoms in total. The van der Waals surface area contributed by atoms with Gasteiger partial charge >= 0.3 is 0 Å². The molecule has 102 valence electrons. The van der Waals surface area contributed by atoms with E-state index >= 15 is 0 Å². The molecule has 2 rings (SSSR count).